The molecule has 1 N–H and O–H groups in total. The van der Waals surface area contributed by atoms with E-state index in [1.807, 2.05) is 37.3 Å². The number of pyridine rings is 1. The summed E-state index contributed by atoms with van der Waals surface area (Å²) in [4.78, 5) is 31.2. The number of nitrogens with zero attached hydrogens (tertiary/aromatic N) is 7. The Balaban J connectivity index is 1.45. The van der Waals surface area contributed by atoms with Gasteiger partial charge in [0, 0.05) is 50.8 Å². The Morgan fingerprint density at radius 1 is 1.00 bits per heavy atom. The van der Waals surface area contributed by atoms with Gasteiger partial charge in [-0.2, -0.15) is 4.98 Å². The molecule has 0 aliphatic carbocycles. The van der Waals surface area contributed by atoms with Crippen molar-refractivity contribution in [1.82, 2.24) is 29.2 Å². The summed E-state index contributed by atoms with van der Waals surface area (Å²) >= 11 is 0. The van der Waals surface area contributed by atoms with Crippen LogP contribution in [0.1, 0.15) is 12.6 Å². The van der Waals surface area contributed by atoms with Crippen molar-refractivity contribution < 1.29 is 0 Å². The quantitative estimate of drug-likeness (QED) is 0.494. The number of rotatable bonds is 5. The van der Waals surface area contributed by atoms with Gasteiger partial charge in [-0.1, -0.05) is 12.6 Å². The Morgan fingerprint density at radius 3 is 2.44 bits per heavy atom. The van der Waals surface area contributed by atoms with Gasteiger partial charge in [-0.3, -0.25) is 4.79 Å². The van der Waals surface area contributed by atoms with Crippen LogP contribution in [0.5, 0.6) is 0 Å². The zero-order chi connectivity index (χ0) is 23.8. The third kappa shape index (κ3) is 4.06. The first-order chi connectivity index (χ1) is 16.4. The van der Waals surface area contributed by atoms with Crippen molar-refractivity contribution in [3.63, 3.8) is 0 Å². The largest absolute Gasteiger partial charge is 0.369 e. The smallest absolute Gasteiger partial charge is 0.277 e. The van der Waals surface area contributed by atoms with Gasteiger partial charge in [0.1, 0.15) is 5.39 Å². The van der Waals surface area contributed by atoms with E-state index in [4.69, 9.17) is 0 Å². The second-order valence-electron chi connectivity index (χ2n) is 8.70. The highest BCUT2D eigenvalue weighted by molar-refractivity contribution is 5.77. The van der Waals surface area contributed by atoms with Crippen LogP contribution in [0.2, 0.25) is 0 Å². The van der Waals surface area contributed by atoms with Crippen molar-refractivity contribution in [2.75, 3.05) is 43.4 Å². The molecule has 1 aromatic carbocycles. The van der Waals surface area contributed by atoms with Gasteiger partial charge >= 0.3 is 0 Å². The molecule has 174 valence electrons. The monoisotopic (exact) mass is 456 g/mol. The van der Waals surface area contributed by atoms with E-state index in [1.54, 1.807) is 17.9 Å². The van der Waals surface area contributed by atoms with Crippen LogP contribution in [0.25, 0.3) is 22.4 Å². The van der Waals surface area contributed by atoms with Gasteiger partial charge < -0.3 is 15.1 Å². The zero-order valence-corrected chi connectivity index (χ0v) is 19.7. The van der Waals surface area contributed by atoms with Gasteiger partial charge in [0.25, 0.3) is 5.56 Å². The molecule has 0 bridgehead atoms. The summed E-state index contributed by atoms with van der Waals surface area (Å²) < 4.78 is 3.20. The first kappa shape index (κ1) is 21.8. The molecule has 1 saturated heterocycles. The molecule has 34 heavy (non-hydrogen) atoms. The van der Waals surface area contributed by atoms with Gasteiger partial charge in [0.2, 0.25) is 5.95 Å². The van der Waals surface area contributed by atoms with E-state index in [0.717, 1.165) is 43.1 Å². The predicted octanol–water partition coefficient (Wildman–Crippen LogP) is 3.04. The van der Waals surface area contributed by atoms with Gasteiger partial charge in [0.15, 0.2) is 11.5 Å². The van der Waals surface area contributed by atoms with Crippen LogP contribution in [-0.4, -0.2) is 62.4 Å². The maximum absolute atomic E-state index is 12.8. The average Bonchev–Trinajstić information content (AvgIpc) is 3.09. The van der Waals surface area contributed by atoms with Crippen LogP contribution in [0.3, 0.4) is 0 Å². The molecule has 3 aromatic heterocycles. The number of fused-ring (bicyclic) bond motifs is 1. The van der Waals surface area contributed by atoms with Crippen molar-refractivity contribution in [2.45, 2.75) is 6.92 Å². The van der Waals surface area contributed by atoms with E-state index in [2.05, 4.69) is 55.8 Å². The van der Waals surface area contributed by atoms with E-state index in [0.29, 0.717) is 22.8 Å². The van der Waals surface area contributed by atoms with Crippen LogP contribution in [0.15, 0.2) is 60.0 Å². The minimum atomic E-state index is -0.180. The number of hydrogen-bond acceptors (Lipinski definition) is 7. The SMILES string of the molecule is C=C(C)c1cccc(-n2c3nc(Nc4ccc(N5CCN(C)CC5)cc4)ncc3c(=O)n2C)n1. The van der Waals surface area contributed by atoms with Crippen molar-refractivity contribution in [3.8, 4) is 5.82 Å². The zero-order valence-electron chi connectivity index (χ0n) is 19.7. The minimum Gasteiger partial charge on any atom is -0.369 e. The van der Waals surface area contributed by atoms with Crippen LogP contribution < -0.4 is 15.8 Å². The molecule has 0 atom stereocenters. The second kappa shape index (κ2) is 8.75. The molecule has 0 saturated carbocycles. The lowest BCUT2D eigenvalue weighted by molar-refractivity contribution is 0.313. The van der Waals surface area contributed by atoms with E-state index >= 15 is 0 Å². The molecule has 0 radical (unpaired) electrons. The van der Waals surface area contributed by atoms with Crippen LogP contribution in [-0.2, 0) is 7.05 Å². The van der Waals surface area contributed by atoms with E-state index in [1.165, 1.54) is 10.4 Å². The molecule has 1 aliphatic rings. The molecule has 9 nitrogen and oxygen atoms in total. The Morgan fingerprint density at radius 2 is 1.74 bits per heavy atom. The molecule has 4 aromatic rings. The normalized spacial score (nSPS) is 14.5. The molecular formula is C25H28N8O. The summed E-state index contributed by atoms with van der Waals surface area (Å²) in [5, 5.41) is 3.69. The molecule has 0 unspecified atom stereocenters. The van der Waals surface area contributed by atoms with E-state index in [9.17, 15) is 4.79 Å². The average molecular weight is 457 g/mol. The highest BCUT2D eigenvalue weighted by atomic mass is 16.1. The lowest BCUT2D eigenvalue weighted by Gasteiger charge is -2.34. The fourth-order valence-electron chi connectivity index (χ4n) is 4.14. The first-order valence-corrected chi connectivity index (χ1v) is 11.3. The molecule has 0 amide bonds. The van der Waals surface area contributed by atoms with Gasteiger partial charge in [-0.05, 0) is 55.9 Å². The lowest BCUT2D eigenvalue weighted by Crippen LogP contribution is -2.44. The summed E-state index contributed by atoms with van der Waals surface area (Å²) in [6.45, 7) is 10.0. The predicted molar refractivity (Wildman–Crippen MR) is 136 cm³/mol. The van der Waals surface area contributed by atoms with Crippen LogP contribution in [0, 0.1) is 0 Å². The number of anilines is 3. The van der Waals surface area contributed by atoms with Gasteiger partial charge in [-0.25, -0.2) is 19.3 Å². The summed E-state index contributed by atoms with van der Waals surface area (Å²) in [5.74, 6) is 1.01. The molecular weight excluding hydrogens is 428 g/mol. The first-order valence-electron chi connectivity index (χ1n) is 11.3. The summed E-state index contributed by atoms with van der Waals surface area (Å²) in [5.41, 5.74) is 4.01. The Labute approximate surface area is 198 Å². The summed E-state index contributed by atoms with van der Waals surface area (Å²) in [6, 6.07) is 13.9. The number of benzene rings is 1. The standard InChI is InChI=1S/C25H28N8O/c1-17(2)21-6-5-7-22(28-21)33-23-20(24(34)31(33)4)16-26-25(29-23)27-18-8-10-19(11-9-18)32-14-12-30(3)13-15-32/h5-11,16H,1,12-15H2,2-4H3,(H,26,27,29). The molecule has 4 heterocycles. The Bertz CT molecular complexity index is 1410. The third-order valence-corrected chi connectivity index (χ3v) is 6.17. The van der Waals surface area contributed by atoms with Crippen molar-refractivity contribution in [1.29, 1.82) is 0 Å². The number of likely N-dealkylation sites (N-methyl/N-ethyl adjacent to an activating group) is 1. The van der Waals surface area contributed by atoms with E-state index in [-0.39, 0.29) is 5.56 Å². The number of allylic oxidation sites excluding steroid dienone is 1. The van der Waals surface area contributed by atoms with Crippen LogP contribution in [0.4, 0.5) is 17.3 Å². The Kier molecular flexibility index (Phi) is 5.62. The number of aromatic nitrogens is 5. The highest BCUT2D eigenvalue weighted by Crippen LogP contribution is 2.22. The minimum absolute atomic E-state index is 0.180. The highest BCUT2D eigenvalue weighted by Gasteiger charge is 2.17. The molecule has 1 fully saturated rings. The molecule has 0 spiro atoms. The van der Waals surface area contributed by atoms with Crippen molar-refractivity contribution in [2.24, 2.45) is 7.05 Å². The van der Waals surface area contributed by atoms with Gasteiger partial charge in [0.05, 0.1) is 5.69 Å². The summed E-state index contributed by atoms with van der Waals surface area (Å²) in [7, 11) is 3.85. The lowest BCUT2D eigenvalue weighted by atomic mass is 10.2. The fraction of sp³-hybridized carbons (Fsp3) is 0.280. The Hall–Kier alpha value is -3.98. The number of piperazine rings is 1. The topological polar surface area (TPSA) is 84.1 Å². The van der Waals surface area contributed by atoms with Crippen LogP contribution >= 0.6 is 0 Å². The van der Waals surface area contributed by atoms with E-state index < -0.39 is 0 Å². The second-order valence-corrected chi connectivity index (χ2v) is 8.70. The number of nitrogens with one attached hydrogen (secondary N) is 1. The third-order valence-electron chi connectivity index (χ3n) is 6.17. The molecule has 5 rings (SSSR count). The maximum atomic E-state index is 12.8. The number of hydrogen-bond donors (Lipinski definition) is 1. The van der Waals surface area contributed by atoms with Gasteiger partial charge in [-0.15, -0.1) is 0 Å². The fourth-order valence-corrected chi connectivity index (χ4v) is 4.14. The maximum Gasteiger partial charge on any atom is 0.277 e. The molecule has 9 heteroatoms. The summed E-state index contributed by atoms with van der Waals surface area (Å²) in [6.07, 6.45) is 1.56. The van der Waals surface area contributed by atoms with Crippen molar-refractivity contribution in [3.05, 3.63) is 71.3 Å². The van der Waals surface area contributed by atoms with Crippen molar-refractivity contribution >= 4 is 33.9 Å². The molecule has 1 aliphatic heterocycles.